The first kappa shape index (κ1) is 18.5. The summed E-state index contributed by atoms with van der Waals surface area (Å²) in [5.74, 6) is -0.638. The van der Waals surface area contributed by atoms with Crippen molar-refractivity contribution in [3.05, 3.63) is 83.0 Å². The number of Topliss-reactive ketones (excluding diaryl/α,β-unsaturated/α-hetero) is 3. The molecule has 3 nitrogen and oxygen atoms in total. The van der Waals surface area contributed by atoms with Gasteiger partial charge in [0, 0.05) is 26.5 Å². The average molecular weight is 388 g/mol. The third kappa shape index (κ3) is 3.04. The highest BCUT2D eigenvalue weighted by Crippen LogP contribution is 2.46. The van der Waals surface area contributed by atoms with E-state index in [-0.39, 0.29) is 17.3 Å². The highest BCUT2D eigenvalue weighted by molar-refractivity contribution is 8.16. The van der Waals surface area contributed by atoms with Gasteiger partial charge in [-0.2, -0.15) is 0 Å². The molecule has 140 valence electrons. The minimum atomic E-state index is -0.469. The van der Waals surface area contributed by atoms with Gasteiger partial charge in [0.1, 0.15) is 0 Å². The summed E-state index contributed by atoms with van der Waals surface area (Å²) in [5, 5.41) is 0. The zero-order chi connectivity index (χ0) is 20.0. The van der Waals surface area contributed by atoms with Crippen molar-refractivity contribution in [1.29, 1.82) is 0 Å². The Bertz CT molecular complexity index is 1130. The lowest BCUT2D eigenvalue weighted by Crippen LogP contribution is -2.28. The number of carbonyl (C=O) groups excluding carboxylic acids is 3. The minimum Gasteiger partial charge on any atom is -0.295 e. The molecular weight excluding hydrogens is 368 g/mol. The molecule has 0 amide bonds. The van der Waals surface area contributed by atoms with Gasteiger partial charge in [-0.05, 0) is 49.9 Å². The molecule has 2 aromatic carbocycles. The summed E-state index contributed by atoms with van der Waals surface area (Å²) in [6.45, 7) is 5.06. The average Bonchev–Trinajstić information content (AvgIpc) is 2.69. The lowest BCUT2D eigenvalue weighted by atomic mass is 9.87. The summed E-state index contributed by atoms with van der Waals surface area (Å²) in [4.78, 5) is 40.1. The lowest BCUT2D eigenvalue weighted by molar-refractivity contribution is -0.113. The van der Waals surface area contributed by atoms with E-state index in [1.807, 2.05) is 25.1 Å². The van der Waals surface area contributed by atoms with Crippen LogP contribution in [0.4, 0.5) is 0 Å². The fourth-order valence-corrected chi connectivity index (χ4v) is 5.98. The van der Waals surface area contributed by atoms with Crippen LogP contribution in [-0.4, -0.2) is 22.2 Å². The highest BCUT2D eigenvalue weighted by Gasteiger charge is 2.34. The van der Waals surface area contributed by atoms with E-state index in [1.165, 1.54) is 19.4 Å². The molecule has 1 aliphatic carbocycles. The number of aryl methyl sites for hydroxylation is 1. The van der Waals surface area contributed by atoms with Crippen molar-refractivity contribution >= 4 is 32.7 Å². The quantitative estimate of drug-likeness (QED) is 0.552. The van der Waals surface area contributed by atoms with Crippen LogP contribution < -0.4 is 0 Å². The molecule has 4 heteroatoms. The van der Waals surface area contributed by atoms with Gasteiger partial charge in [0.25, 0.3) is 0 Å². The van der Waals surface area contributed by atoms with Gasteiger partial charge in [0.05, 0.1) is 5.92 Å². The molecule has 0 saturated heterocycles. The van der Waals surface area contributed by atoms with Gasteiger partial charge < -0.3 is 0 Å². The number of hydrogen-bond acceptors (Lipinski definition) is 3. The zero-order valence-electron chi connectivity index (χ0n) is 16.0. The van der Waals surface area contributed by atoms with Crippen LogP contribution >= 0.6 is 10.5 Å². The molecule has 28 heavy (non-hydrogen) atoms. The first-order valence-corrected chi connectivity index (χ1v) is 10.4. The van der Waals surface area contributed by atoms with E-state index in [2.05, 4.69) is 24.3 Å². The summed E-state index contributed by atoms with van der Waals surface area (Å²) in [6, 6.07) is 13.8. The number of allylic oxidation sites excluding steroid dienone is 4. The maximum atomic E-state index is 13.3. The normalized spacial score (nSPS) is 20.3. The van der Waals surface area contributed by atoms with Gasteiger partial charge in [-0.25, -0.2) is 0 Å². The summed E-state index contributed by atoms with van der Waals surface area (Å²) in [6.07, 6.45) is 5.52. The Balaban J connectivity index is 2.01. The van der Waals surface area contributed by atoms with Gasteiger partial charge >= 0.3 is 0 Å². The molecule has 0 fully saturated rings. The molecule has 0 radical (unpaired) electrons. The summed E-state index contributed by atoms with van der Waals surface area (Å²) in [5.41, 5.74) is 2.85. The van der Waals surface area contributed by atoms with E-state index in [4.69, 9.17) is 0 Å². The third-order valence-electron chi connectivity index (χ3n) is 5.13. The Kier molecular flexibility index (Phi) is 4.60. The topological polar surface area (TPSA) is 51.2 Å². The second-order valence-corrected chi connectivity index (χ2v) is 9.14. The van der Waals surface area contributed by atoms with Crippen molar-refractivity contribution < 1.29 is 14.4 Å². The number of benzene rings is 2. The second-order valence-electron chi connectivity index (χ2n) is 7.14. The first-order chi connectivity index (χ1) is 13.4. The maximum Gasteiger partial charge on any atom is 0.175 e. The summed E-state index contributed by atoms with van der Waals surface area (Å²) in [7, 11) is -0.436. The monoisotopic (exact) mass is 388 g/mol. The van der Waals surface area contributed by atoms with Gasteiger partial charge in [0.15, 0.2) is 17.3 Å². The van der Waals surface area contributed by atoms with Crippen LogP contribution in [0.2, 0.25) is 0 Å². The second kappa shape index (κ2) is 6.95. The van der Waals surface area contributed by atoms with E-state index in [9.17, 15) is 14.4 Å². The summed E-state index contributed by atoms with van der Waals surface area (Å²) >= 11 is 0. The van der Waals surface area contributed by atoms with E-state index < -0.39 is 16.4 Å². The number of ketones is 3. The van der Waals surface area contributed by atoms with Crippen molar-refractivity contribution in [3.8, 4) is 0 Å². The van der Waals surface area contributed by atoms with Crippen LogP contribution in [0, 0.1) is 12.8 Å². The lowest BCUT2D eigenvalue weighted by Gasteiger charge is -2.30. The zero-order valence-corrected chi connectivity index (χ0v) is 16.8. The van der Waals surface area contributed by atoms with E-state index in [0.717, 1.165) is 14.7 Å². The SMILES string of the molecule is CC(=O)C1=CC2C(=O)c3cc(C(C)=O)ccc3S(c3ccc(C)cc3)=C2C=C1. The molecule has 2 unspecified atom stereocenters. The van der Waals surface area contributed by atoms with E-state index >= 15 is 0 Å². The van der Waals surface area contributed by atoms with Crippen LogP contribution in [0.1, 0.15) is 40.1 Å². The fraction of sp³-hybridized carbons (Fsp3) is 0.167. The van der Waals surface area contributed by atoms with Crippen molar-refractivity contribution in [2.24, 2.45) is 5.92 Å². The molecule has 0 N–H and O–H groups in total. The molecule has 2 aromatic rings. The predicted molar refractivity (Wildman–Crippen MR) is 112 cm³/mol. The molecule has 0 saturated carbocycles. The maximum absolute atomic E-state index is 13.3. The van der Waals surface area contributed by atoms with Gasteiger partial charge in [-0.1, -0.05) is 42.0 Å². The van der Waals surface area contributed by atoms with Crippen LogP contribution in [0.25, 0.3) is 0 Å². The standard InChI is InChI=1S/C24H20O3S/c1-14-4-8-19(9-5-14)28-22-10-6-17(15(2)25)12-20(22)24(27)21-13-18(16(3)26)7-11-23(21)28/h4-13,20H,1-3H3. The Morgan fingerprint density at radius 2 is 1.64 bits per heavy atom. The molecule has 2 aliphatic rings. The van der Waals surface area contributed by atoms with Crippen LogP contribution in [0.15, 0.2) is 76.1 Å². The van der Waals surface area contributed by atoms with Gasteiger partial charge in [-0.3, -0.25) is 14.4 Å². The molecule has 1 aliphatic heterocycles. The predicted octanol–water partition coefficient (Wildman–Crippen LogP) is 4.95. The van der Waals surface area contributed by atoms with Crippen LogP contribution in [0.3, 0.4) is 0 Å². The van der Waals surface area contributed by atoms with Crippen LogP contribution in [-0.2, 0) is 4.79 Å². The van der Waals surface area contributed by atoms with Crippen molar-refractivity contribution in [2.45, 2.75) is 30.6 Å². The number of fused-ring (bicyclic) bond motifs is 2. The van der Waals surface area contributed by atoms with Crippen molar-refractivity contribution in [3.63, 3.8) is 0 Å². The van der Waals surface area contributed by atoms with Crippen LogP contribution in [0.5, 0.6) is 0 Å². The van der Waals surface area contributed by atoms with Gasteiger partial charge in [0.2, 0.25) is 0 Å². The molecule has 0 bridgehead atoms. The number of rotatable bonds is 3. The van der Waals surface area contributed by atoms with Crippen molar-refractivity contribution in [2.75, 3.05) is 0 Å². The molecule has 0 aromatic heterocycles. The van der Waals surface area contributed by atoms with Crippen molar-refractivity contribution in [1.82, 2.24) is 0 Å². The smallest absolute Gasteiger partial charge is 0.175 e. The highest BCUT2D eigenvalue weighted by atomic mass is 32.2. The molecule has 1 heterocycles. The first-order valence-electron chi connectivity index (χ1n) is 9.14. The Labute approximate surface area is 166 Å². The fourth-order valence-electron chi connectivity index (χ4n) is 3.58. The van der Waals surface area contributed by atoms with E-state index in [1.54, 1.807) is 18.2 Å². The Hall–Kier alpha value is -2.85. The number of hydrogen-bond donors (Lipinski definition) is 0. The van der Waals surface area contributed by atoms with E-state index in [0.29, 0.717) is 16.7 Å². The minimum absolute atomic E-state index is 0.0490. The Morgan fingerprint density at radius 1 is 0.929 bits per heavy atom. The Morgan fingerprint density at radius 3 is 2.29 bits per heavy atom. The van der Waals surface area contributed by atoms with Gasteiger partial charge in [-0.15, -0.1) is 10.5 Å². The summed E-state index contributed by atoms with van der Waals surface area (Å²) < 4.78 is 0. The number of carbonyl (C=O) groups is 3. The molecule has 0 spiro atoms. The third-order valence-corrected chi connectivity index (χ3v) is 7.53. The largest absolute Gasteiger partial charge is 0.295 e. The molecule has 4 rings (SSSR count). The molecular formula is C24H20O3S. The molecule has 2 atom stereocenters.